The molecule has 2 aromatic carbocycles. The van der Waals surface area contributed by atoms with Crippen LogP contribution in [0.25, 0.3) is 0 Å². The van der Waals surface area contributed by atoms with E-state index in [-0.39, 0.29) is 47.5 Å². The van der Waals surface area contributed by atoms with Gasteiger partial charge in [0.2, 0.25) is 5.91 Å². The van der Waals surface area contributed by atoms with Crippen molar-refractivity contribution in [1.82, 2.24) is 0 Å². The predicted molar refractivity (Wildman–Crippen MR) is 117 cm³/mol. The molecule has 2 aliphatic heterocycles. The Hall–Kier alpha value is -2.58. The number of fused-ring (bicyclic) bond motifs is 1. The van der Waals surface area contributed by atoms with Gasteiger partial charge in [-0.3, -0.25) is 9.59 Å². The van der Waals surface area contributed by atoms with E-state index in [0.29, 0.717) is 36.5 Å². The van der Waals surface area contributed by atoms with Crippen LogP contribution >= 0.6 is 23.2 Å². The minimum absolute atomic E-state index is 0.0807. The Morgan fingerprint density at radius 3 is 2.53 bits per heavy atom. The van der Waals surface area contributed by atoms with Crippen molar-refractivity contribution in [3.05, 3.63) is 51.5 Å². The Morgan fingerprint density at radius 1 is 1.12 bits per heavy atom. The molecule has 2 aliphatic rings. The van der Waals surface area contributed by atoms with Gasteiger partial charge in [-0.05, 0) is 37.5 Å². The molecule has 4 rings (SSSR count). The smallest absolute Gasteiger partial charge is 0.313 e. The third-order valence-corrected chi connectivity index (χ3v) is 6.69. The Bertz CT molecular complexity index is 1090. The van der Waals surface area contributed by atoms with Gasteiger partial charge in [-0.2, -0.15) is 0 Å². The van der Waals surface area contributed by atoms with Crippen molar-refractivity contribution < 1.29 is 28.2 Å². The van der Waals surface area contributed by atoms with Crippen LogP contribution in [0.3, 0.4) is 0 Å². The predicted octanol–water partition coefficient (Wildman–Crippen LogP) is 4.91. The van der Waals surface area contributed by atoms with Crippen LogP contribution in [0.4, 0.5) is 20.2 Å². The van der Waals surface area contributed by atoms with Gasteiger partial charge in [-0.25, -0.2) is 8.78 Å². The van der Waals surface area contributed by atoms with Gasteiger partial charge < -0.3 is 20.1 Å². The Balaban J connectivity index is 1.50. The summed E-state index contributed by atoms with van der Waals surface area (Å²) >= 11 is 12.0. The molecule has 2 heterocycles. The standard InChI is InChI=1S/C22H20Cl2F2N2O4/c23-13-9-14(24)17(10-16(13)26)28-7-5-22(6-8-28,21(30)31)11-32-18-3-2-15(25)20-12(18)1-4-19(29)27-20/h2-3,9-10H,1,4-8,11H2,(H,27,29)(H,30,31). The number of hydrogen-bond acceptors (Lipinski definition) is 4. The molecule has 6 nitrogen and oxygen atoms in total. The molecule has 10 heteroatoms. The topological polar surface area (TPSA) is 78.9 Å². The van der Waals surface area contributed by atoms with Crippen molar-refractivity contribution in [3.63, 3.8) is 0 Å². The van der Waals surface area contributed by atoms with E-state index in [1.54, 1.807) is 0 Å². The van der Waals surface area contributed by atoms with Crippen molar-refractivity contribution in [2.45, 2.75) is 25.7 Å². The van der Waals surface area contributed by atoms with E-state index >= 15 is 0 Å². The molecule has 1 fully saturated rings. The molecule has 1 saturated heterocycles. The maximum Gasteiger partial charge on any atom is 0.313 e. The lowest BCUT2D eigenvalue weighted by Gasteiger charge is -2.40. The minimum Gasteiger partial charge on any atom is -0.492 e. The van der Waals surface area contributed by atoms with E-state index in [4.69, 9.17) is 27.9 Å². The highest BCUT2D eigenvalue weighted by Gasteiger charge is 2.43. The number of carbonyl (C=O) groups is 2. The molecule has 0 aromatic heterocycles. The molecule has 32 heavy (non-hydrogen) atoms. The number of rotatable bonds is 5. The van der Waals surface area contributed by atoms with Gasteiger partial charge in [-0.1, -0.05) is 23.2 Å². The molecule has 0 saturated carbocycles. The number of carboxylic acids is 1. The first-order valence-corrected chi connectivity index (χ1v) is 10.8. The highest BCUT2D eigenvalue weighted by atomic mass is 35.5. The summed E-state index contributed by atoms with van der Waals surface area (Å²) in [4.78, 5) is 25.6. The largest absolute Gasteiger partial charge is 0.492 e. The summed E-state index contributed by atoms with van der Waals surface area (Å²) in [5.74, 6) is -2.09. The monoisotopic (exact) mass is 484 g/mol. The molecule has 0 atom stereocenters. The molecule has 0 bridgehead atoms. The van der Waals surface area contributed by atoms with E-state index in [1.165, 1.54) is 24.3 Å². The highest BCUT2D eigenvalue weighted by molar-refractivity contribution is 6.36. The van der Waals surface area contributed by atoms with E-state index in [0.717, 1.165) is 0 Å². The molecule has 0 unspecified atom stereocenters. The van der Waals surface area contributed by atoms with Crippen molar-refractivity contribution in [2.24, 2.45) is 5.41 Å². The number of halogens is 4. The van der Waals surface area contributed by atoms with Crippen LogP contribution in [0.5, 0.6) is 5.75 Å². The number of hydrogen-bond donors (Lipinski definition) is 2. The normalized spacial score (nSPS) is 17.5. The fourth-order valence-corrected chi connectivity index (χ4v) is 4.63. The number of anilines is 2. The molecule has 2 N–H and O–H groups in total. The zero-order chi connectivity index (χ0) is 23.0. The molecular formula is C22H20Cl2F2N2O4. The molecule has 1 amide bonds. The summed E-state index contributed by atoms with van der Waals surface area (Å²) in [7, 11) is 0. The van der Waals surface area contributed by atoms with Crippen molar-refractivity contribution in [3.8, 4) is 5.75 Å². The van der Waals surface area contributed by atoms with Crippen LogP contribution in [-0.4, -0.2) is 36.7 Å². The van der Waals surface area contributed by atoms with Gasteiger partial charge in [-0.15, -0.1) is 0 Å². The quantitative estimate of drug-likeness (QED) is 0.589. The number of carboxylic acid groups (broad SMARTS) is 1. The van der Waals surface area contributed by atoms with Crippen LogP contribution in [0, 0.1) is 17.0 Å². The molecule has 170 valence electrons. The molecule has 0 aliphatic carbocycles. The Morgan fingerprint density at radius 2 is 1.84 bits per heavy atom. The number of piperidine rings is 1. The molecular weight excluding hydrogens is 465 g/mol. The first kappa shape index (κ1) is 22.6. The lowest BCUT2D eigenvalue weighted by Crippen LogP contribution is -2.48. The van der Waals surface area contributed by atoms with Crippen LogP contribution in [0.15, 0.2) is 24.3 Å². The van der Waals surface area contributed by atoms with Crippen LogP contribution in [0.2, 0.25) is 10.0 Å². The number of nitrogens with one attached hydrogen (secondary N) is 1. The first-order chi connectivity index (χ1) is 15.2. The highest BCUT2D eigenvalue weighted by Crippen LogP contribution is 2.40. The third-order valence-electron chi connectivity index (χ3n) is 6.09. The zero-order valence-corrected chi connectivity index (χ0v) is 18.4. The fourth-order valence-electron chi connectivity index (χ4n) is 4.13. The van der Waals surface area contributed by atoms with Gasteiger partial charge in [0.15, 0.2) is 0 Å². The molecule has 0 spiro atoms. The third kappa shape index (κ3) is 4.21. The van der Waals surface area contributed by atoms with Gasteiger partial charge in [0.05, 0.1) is 21.4 Å². The summed E-state index contributed by atoms with van der Waals surface area (Å²) in [6, 6.07) is 5.21. The van der Waals surface area contributed by atoms with Gasteiger partial charge in [0.1, 0.15) is 29.4 Å². The number of nitrogens with zero attached hydrogens (tertiary/aromatic N) is 1. The number of aliphatic carboxylic acids is 1. The average Bonchev–Trinajstić information content (AvgIpc) is 2.76. The summed E-state index contributed by atoms with van der Waals surface area (Å²) < 4.78 is 33.9. The number of benzene rings is 2. The SMILES string of the molecule is O=C1CCc2c(OCC3(C(=O)O)CCN(c4cc(F)c(Cl)cc4Cl)CC3)ccc(F)c2N1. The van der Waals surface area contributed by atoms with Crippen molar-refractivity contribution in [2.75, 3.05) is 29.9 Å². The molecule has 0 radical (unpaired) electrons. The summed E-state index contributed by atoms with van der Waals surface area (Å²) in [6.07, 6.45) is 0.985. The lowest BCUT2D eigenvalue weighted by molar-refractivity contribution is -0.152. The van der Waals surface area contributed by atoms with E-state index in [1.807, 2.05) is 4.90 Å². The summed E-state index contributed by atoms with van der Waals surface area (Å²) in [6.45, 7) is 0.535. The average molecular weight is 485 g/mol. The Kier molecular flexibility index (Phi) is 6.18. The van der Waals surface area contributed by atoms with Gasteiger partial charge >= 0.3 is 5.97 Å². The number of carbonyl (C=O) groups excluding carboxylic acids is 1. The van der Waals surface area contributed by atoms with Crippen LogP contribution < -0.4 is 15.0 Å². The fraction of sp³-hybridized carbons (Fsp3) is 0.364. The van der Waals surface area contributed by atoms with E-state index < -0.39 is 23.0 Å². The summed E-state index contributed by atoms with van der Waals surface area (Å²) in [5.41, 5.74) is -0.118. The van der Waals surface area contributed by atoms with E-state index in [2.05, 4.69) is 5.32 Å². The second-order valence-corrected chi connectivity index (χ2v) is 8.84. The van der Waals surface area contributed by atoms with Crippen molar-refractivity contribution in [1.29, 1.82) is 0 Å². The minimum atomic E-state index is -1.17. The van der Waals surface area contributed by atoms with E-state index in [9.17, 15) is 23.5 Å². The lowest BCUT2D eigenvalue weighted by atomic mass is 9.79. The van der Waals surface area contributed by atoms with Crippen LogP contribution in [0.1, 0.15) is 24.8 Å². The maximum atomic E-state index is 14.1. The number of amides is 1. The molecule has 2 aromatic rings. The van der Waals surface area contributed by atoms with Gasteiger partial charge in [0.25, 0.3) is 0 Å². The second kappa shape index (κ2) is 8.75. The number of ether oxygens (including phenoxy) is 1. The van der Waals surface area contributed by atoms with Crippen molar-refractivity contribution >= 4 is 46.5 Å². The van der Waals surface area contributed by atoms with Gasteiger partial charge in [0, 0.05) is 31.1 Å². The first-order valence-electron chi connectivity index (χ1n) is 10.1. The summed E-state index contributed by atoms with van der Waals surface area (Å²) in [5, 5.41) is 12.7. The zero-order valence-electron chi connectivity index (χ0n) is 16.9. The maximum absolute atomic E-state index is 14.1. The van der Waals surface area contributed by atoms with Crippen LogP contribution in [-0.2, 0) is 16.0 Å². The Labute approximate surface area is 193 Å². The second-order valence-electron chi connectivity index (χ2n) is 8.03.